The number of ether oxygens (including phenoxy) is 1. The van der Waals surface area contributed by atoms with Crippen LogP contribution in [0.15, 0.2) is 52.5 Å². The van der Waals surface area contributed by atoms with Gasteiger partial charge in [0.1, 0.15) is 0 Å². The molecule has 3 aromatic rings. The van der Waals surface area contributed by atoms with Gasteiger partial charge in [0.05, 0.1) is 28.6 Å². The van der Waals surface area contributed by atoms with Crippen LogP contribution in [0.3, 0.4) is 0 Å². The number of thioether (sulfide) groups is 1. The standard InChI is InChI=1S/C27H35N3O3S2/c1-3-21-8-10-22(11-9-21)19-34-27-28-25-16-24(35(31,32)29-14-4-6-20(2)17-29)12-13-26(25)30(27)18-23-7-5-15-33-23/h8-13,16,20,23H,3-7,14-15,17-19H2,1-2H3/t20-,23+/m0/s1. The predicted molar refractivity (Wildman–Crippen MR) is 141 cm³/mol. The van der Waals surface area contributed by atoms with Crippen molar-refractivity contribution in [3.63, 3.8) is 0 Å². The van der Waals surface area contributed by atoms with Gasteiger partial charge in [-0.25, -0.2) is 13.4 Å². The fourth-order valence-corrected chi connectivity index (χ4v) is 7.66. The SMILES string of the molecule is CCc1ccc(CSc2nc3cc(S(=O)(=O)N4CCC[C@H](C)C4)ccc3n2C[C@H]2CCCO2)cc1. The highest BCUT2D eigenvalue weighted by atomic mass is 32.2. The predicted octanol–water partition coefficient (Wildman–Crippen LogP) is 5.49. The largest absolute Gasteiger partial charge is 0.376 e. The van der Waals surface area contributed by atoms with E-state index in [9.17, 15) is 8.42 Å². The maximum atomic E-state index is 13.4. The number of aromatic nitrogens is 2. The average molecular weight is 514 g/mol. The quantitative estimate of drug-likeness (QED) is 0.373. The fourth-order valence-electron chi connectivity index (χ4n) is 5.06. The van der Waals surface area contributed by atoms with Gasteiger partial charge in [-0.2, -0.15) is 4.31 Å². The maximum Gasteiger partial charge on any atom is 0.243 e. The van der Waals surface area contributed by atoms with Crippen LogP contribution in [0.4, 0.5) is 0 Å². The molecule has 3 heterocycles. The molecule has 2 atom stereocenters. The molecule has 35 heavy (non-hydrogen) atoms. The van der Waals surface area contributed by atoms with E-state index in [1.165, 1.54) is 11.1 Å². The Labute approximate surface area is 213 Å². The van der Waals surface area contributed by atoms with Gasteiger partial charge < -0.3 is 9.30 Å². The normalized spacial score (nSPS) is 21.7. The van der Waals surface area contributed by atoms with E-state index in [0.29, 0.717) is 23.9 Å². The molecule has 8 heteroatoms. The number of nitrogens with zero attached hydrogens (tertiary/aromatic N) is 3. The molecule has 2 fully saturated rings. The molecule has 0 radical (unpaired) electrons. The molecule has 1 aromatic heterocycles. The van der Waals surface area contributed by atoms with Crippen molar-refractivity contribution in [3.05, 3.63) is 53.6 Å². The lowest BCUT2D eigenvalue weighted by Crippen LogP contribution is -2.39. The first-order valence-electron chi connectivity index (χ1n) is 12.8. The number of aryl methyl sites for hydroxylation is 1. The van der Waals surface area contributed by atoms with Gasteiger partial charge in [-0.15, -0.1) is 0 Å². The Bertz CT molecular complexity index is 1260. The van der Waals surface area contributed by atoms with Crippen LogP contribution < -0.4 is 0 Å². The number of rotatable bonds is 8. The zero-order chi connectivity index (χ0) is 24.4. The lowest BCUT2D eigenvalue weighted by atomic mass is 10.0. The minimum absolute atomic E-state index is 0.175. The molecule has 2 aliphatic heterocycles. The second-order valence-corrected chi connectivity index (χ2v) is 12.7. The van der Waals surface area contributed by atoms with Gasteiger partial charge in [-0.3, -0.25) is 0 Å². The number of benzene rings is 2. The van der Waals surface area contributed by atoms with Gasteiger partial charge in [-0.05, 0) is 67.3 Å². The summed E-state index contributed by atoms with van der Waals surface area (Å²) in [6, 6.07) is 14.2. The van der Waals surface area contributed by atoms with Crippen molar-refractivity contribution in [2.24, 2.45) is 5.92 Å². The lowest BCUT2D eigenvalue weighted by Gasteiger charge is -2.30. The van der Waals surface area contributed by atoms with E-state index in [4.69, 9.17) is 9.72 Å². The topological polar surface area (TPSA) is 64.4 Å². The molecule has 2 aromatic carbocycles. The second-order valence-electron chi connectivity index (χ2n) is 9.86. The number of sulfonamides is 1. The summed E-state index contributed by atoms with van der Waals surface area (Å²) in [6.07, 6.45) is 5.33. The molecule has 2 aliphatic rings. The Morgan fingerprint density at radius 3 is 2.60 bits per heavy atom. The number of piperidine rings is 1. The summed E-state index contributed by atoms with van der Waals surface area (Å²) < 4.78 is 36.5. The highest BCUT2D eigenvalue weighted by Crippen LogP contribution is 2.31. The number of hydrogen-bond donors (Lipinski definition) is 0. The van der Waals surface area contributed by atoms with Crippen molar-refractivity contribution in [1.29, 1.82) is 0 Å². The van der Waals surface area contributed by atoms with E-state index in [1.807, 2.05) is 6.07 Å². The van der Waals surface area contributed by atoms with Crippen molar-refractivity contribution < 1.29 is 13.2 Å². The minimum atomic E-state index is -3.52. The Morgan fingerprint density at radius 2 is 1.89 bits per heavy atom. The Kier molecular flexibility index (Phi) is 7.53. The third-order valence-corrected chi connectivity index (χ3v) is 10.1. The number of hydrogen-bond acceptors (Lipinski definition) is 5. The molecular formula is C27H35N3O3S2. The first kappa shape index (κ1) is 24.8. The molecule has 188 valence electrons. The second kappa shape index (κ2) is 10.6. The highest BCUT2D eigenvalue weighted by molar-refractivity contribution is 7.98. The Morgan fingerprint density at radius 1 is 1.09 bits per heavy atom. The first-order valence-corrected chi connectivity index (χ1v) is 15.2. The van der Waals surface area contributed by atoms with Crippen LogP contribution in [0, 0.1) is 5.92 Å². The highest BCUT2D eigenvalue weighted by Gasteiger charge is 2.29. The van der Waals surface area contributed by atoms with Crippen LogP contribution in [-0.4, -0.2) is 48.1 Å². The number of imidazole rings is 1. The lowest BCUT2D eigenvalue weighted by molar-refractivity contribution is 0.0960. The molecule has 0 aliphatic carbocycles. The smallest absolute Gasteiger partial charge is 0.243 e. The summed E-state index contributed by atoms with van der Waals surface area (Å²) in [6.45, 7) is 7.01. The van der Waals surface area contributed by atoms with E-state index in [0.717, 1.165) is 67.2 Å². The molecule has 5 rings (SSSR count). The van der Waals surface area contributed by atoms with Crippen LogP contribution in [-0.2, 0) is 33.5 Å². The number of fused-ring (bicyclic) bond motifs is 1. The molecule has 2 saturated heterocycles. The van der Waals surface area contributed by atoms with Crippen molar-refractivity contribution >= 4 is 32.8 Å². The fraction of sp³-hybridized carbons (Fsp3) is 0.519. The third-order valence-electron chi connectivity index (χ3n) is 7.15. The van der Waals surface area contributed by atoms with Gasteiger partial charge in [-0.1, -0.05) is 49.9 Å². The summed E-state index contributed by atoms with van der Waals surface area (Å²) >= 11 is 1.70. The summed E-state index contributed by atoms with van der Waals surface area (Å²) in [5.74, 6) is 1.21. The third kappa shape index (κ3) is 5.45. The van der Waals surface area contributed by atoms with Crippen LogP contribution in [0.5, 0.6) is 0 Å². The summed E-state index contributed by atoms with van der Waals surface area (Å²) in [7, 11) is -3.52. The van der Waals surface area contributed by atoms with Crippen molar-refractivity contribution in [2.75, 3.05) is 19.7 Å². The van der Waals surface area contributed by atoms with Gasteiger partial charge >= 0.3 is 0 Å². The average Bonchev–Trinajstić information content (AvgIpc) is 3.51. The molecule has 0 spiro atoms. The van der Waals surface area contributed by atoms with Crippen molar-refractivity contribution in [2.45, 2.75) is 74.4 Å². The molecule has 0 bridgehead atoms. The Balaban J connectivity index is 1.45. The van der Waals surface area contributed by atoms with E-state index >= 15 is 0 Å². The van der Waals surface area contributed by atoms with Crippen LogP contribution in [0.2, 0.25) is 0 Å². The van der Waals surface area contributed by atoms with Crippen molar-refractivity contribution in [1.82, 2.24) is 13.9 Å². The van der Waals surface area contributed by atoms with Gasteiger partial charge in [0.25, 0.3) is 0 Å². The van der Waals surface area contributed by atoms with Gasteiger partial charge in [0.2, 0.25) is 10.0 Å². The maximum absolute atomic E-state index is 13.4. The Hall–Kier alpha value is -1.87. The molecule has 0 unspecified atom stereocenters. The van der Waals surface area contributed by atoms with Gasteiger partial charge in [0.15, 0.2) is 5.16 Å². The molecule has 0 N–H and O–H groups in total. The van der Waals surface area contributed by atoms with Gasteiger partial charge in [0, 0.05) is 25.4 Å². The van der Waals surface area contributed by atoms with E-state index in [1.54, 1.807) is 28.2 Å². The zero-order valence-electron chi connectivity index (χ0n) is 20.7. The van der Waals surface area contributed by atoms with E-state index in [2.05, 4.69) is 42.7 Å². The molecule has 0 saturated carbocycles. The molecule has 6 nitrogen and oxygen atoms in total. The van der Waals surface area contributed by atoms with Crippen LogP contribution in [0.25, 0.3) is 11.0 Å². The van der Waals surface area contributed by atoms with Crippen LogP contribution >= 0.6 is 11.8 Å². The monoisotopic (exact) mass is 513 g/mol. The summed E-state index contributed by atoms with van der Waals surface area (Å²) in [4.78, 5) is 5.27. The molecule has 0 amide bonds. The van der Waals surface area contributed by atoms with Crippen molar-refractivity contribution in [3.8, 4) is 0 Å². The van der Waals surface area contributed by atoms with E-state index in [-0.39, 0.29) is 6.10 Å². The summed E-state index contributed by atoms with van der Waals surface area (Å²) in [5.41, 5.74) is 4.29. The van der Waals surface area contributed by atoms with E-state index < -0.39 is 10.0 Å². The minimum Gasteiger partial charge on any atom is -0.376 e. The zero-order valence-corrected chi connectivity index (χ0v) is 22.3. The summed E-state index contributed by atoms with van der Waals surface area (Å²) in [5, 5.41) is 0.913. The first-order chi connectivity index (χ1) is 16.9. The molecular weight excluding hydrogens is 478 g/mol. The van der Waals surface area contributed by atoms with Crippen LogP contribution in [0.1, 0.15) is 50.7 Å².